The Balaban J connectivity index is 1.66. The van der Waals surface area contributed by atoms with Crippen LogP contribution in [-0.2, 0) is 9.59 Å². The molecule has 0 spiro atoms. The van der Waals surface area contributed by atoms with Crippen molar-refractivity contribution in [3.05, 3.63) is 81.3 Å². The van der Waals surface area contributed by atoms with Crippen LogP contribution in [-0.4, -0.2) is 38.9 Å². The number of aromatic amines is 1. The van der Waals surface area contributed by atoms with Gasteiger partial charge in [-0.05, 0) is 68.5 Å². The van der Waals surface area contributed by atoms with Crippen molar-refractivity contribution in [2.45, 2.75) is 13.8 Å². The number of carboxylic acid groups (broad SMARTS) is 1. The summed E-state index contributed by atoms with van der Waals surface area (Å²) in [7, 11) is 0. The van der Waals surface area contributed by atoms with Gasteiger partial charge in [0.15, 0.2) is 0 Å². The lowest BCUT2D eigenvalue weighted by Gasteiger charge is -2.11. The third-order valence-electron chi connectivity index (χ3n) is 5.11. The Morgan fingerprint density at radius 3 is 2.27 bits per heavy atom. The van der Waals surface area contributed by atoms with Crippen molar-refractivity contribution < 1.29 is 24.2 Å². The molecule has 0 fully saturated rings. The minimum absolute atomic E-state index is 0.103. The molecule has 0 atom stereocenters. The van der Waals surface area contributed by atoms with Gasteiger partial charge in [-0.3, -0.25) is 19.5 Å². The summed E-state index contributed by atoms with van der Waals surface area (Å²) < 4.78 is 6.03. The normalized spacial score (nSPS) is 14.5. The molecule has 1 aromatic heterocycles. The van der Waals surface area contributed by atoms with E-state index in [-0.39, 0.29) is 16.7 Å². The van der Waals surface area contributed by atoms with Crippen molar-refractivity contribution >= 4 is 35.8 Å². The standard InChI is InChI=1S/C23H18N4O6/c1-13-19(21(29)26(24-13)16-5-3-15(4-6-16)23(31)32)11-20-14(2)25-27(22(20)30)17-7-9-18(10-8-17)33-12-28/h3-12,24H,1-2H3,(H,31,32). The number of hydrogen-bond donors (Lipinski definition) is 2. The van der Waals surface area contributed by atoms with Crippen LogP contribution in [0.3, 0.4) is 0 Å². The van der Waals surface area contributed by atoms with Crippen LogP contribution in [0.1, 0.15) is 28.5 Å². The number of aryl methyl sites for hydroxylation is 1. The number of anilines is 1. The van der Waals surface area contributed by atoms with E-state index in [1.54, 1.807) is 26.0 Å². The maximum absolute atomic E-state index is 13.0. The number of hydrogen-bond acceptors (Lipinski definition) is 6. The molecule has 0 radical (unpaired) electrons. The molecule has 33 heavy (non-hydrogen) atoms. The molecule has 4 rings (SSSR count). The Morgan fingerprint density at radius 2 is 1.67 bits per heavy atom. The molecule has 0 bridgehead atoms. The van der Waals surface area contributed by atoms with Crippen molar-refractivity contribution in [1.29, 1.82) is 0 Å². The fourth-order valence-corrected chi connectivity index (χ4v) is 3.39. The number of carbonyl (C=O) groups is 3. The Bertz CT molecular complexity index is 1380. The van der Waals surface area contributed by atoms with Gasteiger partial charge in [-0.15, -0.1) is 0 Å². The van der Waals surface area contributed by atoms with Crippen LogP contribution in [0.25, 0.3) is 11.8 Å². The molecular formula is C23H18N4O6. The van der Waals surface area contributed by atoms with Crippen LogP contribution >= 0.6 is 0 Å². The number of H-pyrrole nitrogens is 1. The van der Waals surface area contributed by atoms with Gasteiger partial charge in [0.1, 0.15) is 5.75 Å². The van der Waals surface area contributed by atoms with Gasteiger partial charge in [-0.25, -0.2) is 9.48 Å². The van der Waals surface area contributed by atoms with Crippen LogP contribution in [0.2, 0.25) is 0 Å². The largest absolute Gasteiger partial charge is 0.478 e. The molecule has 10 heteroatoms. The summed E-state index contributed by atoms with van der Waals surface area (Å²) in [6.45, 7) is 3.68. The van der Waals surface area contributed by atoms with E-state index in [0.29, 0.717) is 35.0 Å². The number of benzene rings is 2. The average Bonchev–Trinajstić information content (AvgIpc) is 3.25. The molecular weight excluding hydrogens is 428 g/mol. The van der Waals surface area contributed by atoms with Crippen molar-refractivity contribution in [2.75, 3.05) is 5.01 Å². The summed E-state index contributed by atoms with van der Waals surface area (Å²) in [5, 5.41) is 17.5. The van der Waals surface area contributed by atoms with E-state index >= 15 is 0 Å². The van der Waals surface area contributed by atoms with Gasteiger partial charge in [-0.1, -0.05) is 0 Å². The van der Waals surface area contributed by atoms with Gasteiger partial charge in [0, 0.05) is 5.69 Å². The van der Waals surface area contributed by atoms with Gasteiger partial charge in [0.2, 0.25) is 0 Å². The van der Waals surface area contributed by atoms with E-state index in [4.69, 9.17) is 9.84 Å². The third kappa shape index (κ3) is 3.97. The molecule has 3 aromatic rings. The Kier molecular flexibility index (Phi) is 5.49. The first kappa shape index (κ1) is 21.5. The van der Waals surface area contributed by atoms with Crippen LogP contribution < -0.4 is 15.3 Å². The number of ether oxygens (including phenoxy) is 1. The maximum Gasteiger partial charge on any atom is 0.335 e. The lowest BCUT2D eigenvalue weighted by Crippen LogP contribution is -2.22. The summed E-state index contributed by atoms with van der Waals surface area (Å²) in [5.41, 5.74) is 2.16. The predicted octanol–water partition coefficient (Wildman–Crippen LogP) is 2.51. The van der Waals surface area contributed by atoms with E-state index in [9.17, 15) is 19.2 Å². The molecule has 2 aromatic carbocycles. The minimum atomic E-state index is -1.06. The van der Waals surface area contributed by atoms with Gasteiger partial charge >= 0.3 is 5.97 Å². The molecule has 0 saturated carbocycles. The number of amides is 1. The van der Waals surface area contributed by atoms with E-state index in [1.807, 2.05) is 0 Å². The van der Waals surface area contributed by atoms with Gasteiger partial charge in [0.25, 0.3) is 17.9 Å². The molecule has 0 unspecified atom stereocenters. The quantitative estimate of drug-likeness (QED) is 0.441. The van der Waals surface area contributed by atoms with Gasteiger partial charge in [-0.2, -0.15) is 10.1 Å². The molecule has 1 aliphatic rings. The molecule has 2 N–H and O–H groups in total. The highest BCUT2D eigenvalue weighted by atomic mass is 16.5. The van der Waals surface area contributed by atoms with E-state index in [2.05, 4.69) is 10.2 Å². The Morgan fingerprint density at radius 1 is 1.03 bits per heavy atom. The number of nitrogens with zero attached hydrogens (tertiary/aromatic N) is 3. The summed E-state index contributed by atoms with van der Waals surface area (Å²) in [6, 6.07) is 12.1. The second kappa shape index (κ2) is 8.42. The van der Waals surface area contributed by atoms with Crippen LogP contribution in [0.5, 0.6) is 5.75 Å². The van der Waals surface area contributed by atoms with Crippen LogP contribution in [0.4, 0.5) is 5.69 Å². The monoisotopic (exact) mass is 446 g/mol. The first-order valence-electron chi connectivity index (χ1n) is 9.77. The lowest BCUT2D eigenvalue weighted by molar-refractivity contribution is -0.120. The molecule has 1 aliphatic heterocycles. The smallest absolute Gasteiger partial charge is 0.335 e. The van der Waals surface area contributed by atoms with Crippen LogP contribution in [0, 0.1) is 6.92 Å². The average molecular weight is 446 g/mol. The highest BCUT2D eigenvalue weighted by molar-refractivity contribution is 6.32. The highest BCUT2D eigenvalue weighted by Crippen LogP contribution is 2.26. The third-order valence-corrected chi connectivity index (χ3v) is 5.11. The first-order chi connectivity index (χ1) is 15.8. The molecule has 166 valence electrons. The van der Waals surface area contributed by atoms with E-state index in [0.717, 1.165) is 0 Å². The Labute approximate surface area is 187 Å². The van der Waals surface area contributed by atoms with E-state index in [1.165, 1.54) is 52.2 Å². The number of nitrogens with one attached hydrogen (secondary N) is 1. The van der Waals surface area contributed by atoms with Crippen molar-refractivity contribution in [3.63, 3.8) is 0 Å². The minimum Gasteiger partial charge on any atom is -0.478 e. The van der Waals surface area contributed by atoms with Gasteiger partial charge in [0.05, 0.1) is 33.8 Å². The SMILES string of the molecule is CC1=NN(c2ccc(OC=O)cc2)C(=O)C1=Cc1c(C)[nH]n(-c2ccc(C(=O)O)cc2)c1=O. The Hall–Kier alpha value is -4.73. The number of carboxylic acids is 1. The van der Waals surface area contributed by atoms with Crippen LogP contribution in [0.15, 0.2) is 64.0 Å². The fraction of sp³-hybridized carbons (Fsp3) is 0.0870. The zero-order valence-corrected chi connectivity index (χ0v) is 17.6. The summed E-state index contributed by atoms with van der Waals surface area (Å²) >= 11 is 0. The number of rotatable bonds is 6. The van der Waals surface area contributed by atoms with Gasteiger partial charge < -0.3 is 9.84 Å². The topological polar surface area (TPSA) is 134 Å². The first-order valence-corrected chi connectivity index (χ1v) is 9.77. The zero-order valence-electron chi connectivity index (χ0n) is 17.6. The maximum atomic E-state index is 13.0. The van der Waals surface area contributed by atoms with E-state index < -0.39 is 17.4 Å². The second-order valence-corrected chi connectivity index (χ2v) is 7.21. The zero-order chi connectivity index (χ0) is 23.7. The predicted molar refractivity (Wildman–Crippen MR) is 120 cm³/mol. The number of aromatic nitrogens is 2. The fourth-order valence-electron chi connectivity index (χ4n) is 3.39. The molecule has 0 aliphatic carbocycles. The number of aromatic carboxylic acids is 1. The molecule has 10 nitrogen and oxygen atoms in total. The highest BCUT2D eigenvalue weighted by Gasteiger charge is 2.29. The summed E-state index contributed by atoms with van der Waals surface area (Å²) in [5.74, 6) is -1.14. The molecule has 0 saturated heterocycles. The van der Waals surface area contributed by atoms with Crippen molar-refractivity contribution in [2.24, 2.45) is 5.10 Å². The number of carbonyl (C=O) groups excluding carboxylic acids is 2. The molecule has 1 amide bonds. The van der Waals surface area contributed by atoms with Crippen molar-refractivity contribution in [3.8, 4) is 11.4 Å². The van der Waals surface area contributed by atoms with Crippen molar-refractivity contribution in [1.82, 2.24) is 9.78 Å². The number of hydrazone groups is 1. The summed E-state index contributed by atoms with van der Waals surface area (Å²) in [6.07, 6.45) is 1.49. The lowest BCUT2D eigenvalue weighted by atomic mass is 10.1. The summed E-state index contributed by atoms with van der Waals surface area (Å²) in [4.78, 5) is 47.5. The second-order valence-electron chi connectivity index (χ2n) is 7.21. The molecule has 2 heterocycles.